The predicted molar refractivity (Wildman–Crippen MR) is 96.5 cm³/mol. The highest BCUT2D eigenvalue weighted by Crippen LogP contribution is 2.28. The van der Waals surface area contributed by atoms with Crippen LogP contribution in [0, 0.1) is 6.92 Å². The van der Waals surface area contributed by atoms with Gasteiger partial charge in [0, 0.05) is 30.4 Å². The maximum atomic E-state index is 12.0. The third-order valence-corrected chi connectivity index (χ3v) is 4.37. The van der Waals surface area contributed by atoms with Crippen LogP contribution in [0.4, 0.5) is 11.4 Å². The van der Waals surface area contributed by atoms with E-state index in [1.54, 1.807) is 0 Å². The molecule has 5 heteroatoms. The van der Waals surface area contributed by atoms with Crippen LogP contribution >= 0.6 is 12.2 Å². The van der Waals surface area contributed by atoms with Gasteiger partial charge in [-0.15, -0.1) is 0 Å². The van der Waals surface area contributed by atoms with Crippen LogP contribution in [0.1, 0.15) is 45.1 Å². The van der Waals surface area contributed by atoms with E-state index in [9.17, 15) is 4.79 Å². The van der Waals surface area contributed by atoms with Crippen molar-refractivity contribution in [1.29, 1.82) is 0 Å². The Balaban J connectivity index is 2.09. The maximum Gasteiger partial charge on any atom is 0.227 e. The Bertz CT molecular complexity index is 555. The summed E-state index contributed by atoms with van der Waals surface area (Å²) in [6.45, 7) is 7.13. The van der Waals surface area contributed by atoms with Gasteiger partial charge in [0.2, 0.25) is 5.91 Å². The third kappa shape index (κ3) is 3.97. The number of hydrogen-bond acceptors (Lipinski definition) is 2. The van der Waals surface area contributed by atoms with Crippen molar-refractivity contribution >= 4 is 34.6 Å². The van der Waals surface area contributed by atoms with E-state index in [1.807, 2.05) is 30.0 Å². The molecule has 2 rings (SSSR count). The molecule has 1 heterocycles. The fourth-order valence-corrected chi connectivity index (χ4v) is 3.01. The van der Waals surface area contributed by atoms with Crippen LogP contribution in [0.5, 0.6) is 0 Å². The summed E-state index contributed by atoms with van der Waals surface area (Å²) in [6, 6.07) is 6.44. The number of hydrogen-bond donors (Lipinski definition) is 2. The summed E-state index contributed by atoms with van der Waals surface area (Å²) in [4.78, 5) is 13.8. The molecule has 0 spiro atoms. The normalized spacial score (nSPS) is 14.5. The lowest BCUT2D eigenvalue weighted by Gasteiger charge is -2.21. The molecule has 0 saturated carbocycles. The minimum Gasteiger partial charge on any atom is -0.360 e. The minimum absolute atomic E-state index is 0.206. The monoisotopic (exact) mass is 319 g/mol. The number of carbonyl (C=O) groups is 1. The largest absolute Gasteiger partial charge is 0.360 e. The van der Waals surface area contributed by atoms with Gasteiger partial charge in [0.25, 0.3) is 0 Å². The van der Waals surface area contributed by atoms with Crippen molar-refractivity contribution in [1.82, 2.24) is 5.32 Å². The molecule has 1 aliphatic heterocycles. The van der Waals surface area contributed by atoms with Gasteiger partial charge in [0.05, 0.1) is 0 Å². The molecule has 1 aliphatic rings. The number of nitrogens with zero attached hydrogens (tertiary/aromatic N) is 1. The van der Waals surface area contributed by atoms with Crippen LogP contribution < -0.4 is 15.5 Å². The van der Waals surface area contributed by atoms with Crippen molar-refractivity contribution < 1.29 is 4.79 Å². The molecule has 2 N–H and O–H groups in total. The Morgan fingerprint density at radius 3 is 2.68 bits per heavy atom. The minimum atomic E-state index is 0.206. The van der Waals surface area contributed by atoms with Crippen molar-refractivity contribution in [3.63, 3.8) is 0 Å². The van der Waals surface area contributed by atoms with Crippen molar-refractivity contribution in [2.24, 2.45) is 0 Å². The van der Waals surface area contributed by atoms with Crippen molar-refractivity contribution in [3.05, 3.63) is 23.8 Å². The highest BCUT2D eigenvalue weighted by Gasteiger charge is 2.23. The van der Waals surface area contributed by atoms with Crippen molar-refractivity contribution in [2.45, 2.75) is 52.5 Å². The van der Waals surface area contributed by atoms with E-state index in [1.165, 1.54) is 0 Å². The van der Waals surface area contributed by atoms with E-state index in [0.717, 1.165) is 42.7 Å². The zero-order valence-corrected chi connectivity index (χ0v) is 14.4. The number of carbonyl (C=O) groups excluding carboxylic acids is 1. The summed E-state index contributed by atoms with van der Waals surface area (Å²) in [7, 11) is 0. The van der Waals surface area contributed by atoms with E-state index in [0.29, 0.717) is 17.6 Å². The summed E-state index contributed by atoms with van der Waals surface area (Å²) in [5.41, 5.74) is 3.02. The first-order chi connectivity index (χ1) is 10.5. The van der Waals surface area contributed by atoms with Gasteiger partial charge in [-0.2, -0.15) is 0 Å². The number of rotatable bonds is 5. The molecule has 1 aromatic rings. The smallest absolute Gasteiger partial charge is 0.227 e. The average molecular weight is 319 g/mol. The van der Waals surface area contributed by atoms with Crippen LogP contribution in [0.3, 0.4) is 0 Å². The maximum absolute atomic E-state index is 12.0. The molecular weight excluding hydrogens is 294 g/mol. The van der Waals surface area contributed by atoms with Gasteiger partial charge < -0.3 is 15.5 Å². The van der Waals surface area contributed by atoms with Crippen LogP contribution in [-0.4, -0.2) is 23.6 Å². The van der Waals surface area contributed by atoms with Crippen LogP contribution in [-0.2, 0) is 4.79 Å². The van der Waals surface area contributed by atoms with Gasteiger partial charge in [-0.1, -0.05) is 19.9 Å². The highest BCUT2D eigenvalue weighted by molar-refractivity contribution is 7.80. The molecule has 1 aromatic carbocycles. The molecule has 0 atom stereocenters. The Morgan fingerprint density at radius 2 is 2.09 bits per heavy atom. The van der Waals surface area contributed by atoms with Crippen LogP contribution in [0.2, 0.25) is 0 Å². The second-order valence-electron chi connectivity index (χ2n) is 5.76. The van der Waals surface area contributed by atoms with Crippen LogP contribution in [0.25, 0.3) is 0 Å². The Hall–Kier alpha value is -1.62. The molecule has 0 aliphatic carbocycles. The summed E-state index contributed by atoms with van der Waals surface area (Å²) in [5, 5.41) is 7.18. The van der Waals surface area contributed by atoms with Gasteiger partial charge in [-0.05, 0) is 56.1 Å². The van der Waals surface area contributed by atoms with Gasteiger partial charge in [-0.25, -0.2) is 0 Å². The molecule has 22 heavy (non-hydrogen) atoms. The number of thiocarbonyl (C=S) groups is 1. The zero-order chi connectivity index (χ0) is 16.1. The first-order valence-corrected chi connectivity index (χ1v) is 8.44. The average Bonchev–Trinajstić information content (AvgIpc) is 2.92. The standard InChI is InChI=1S/C17H25N3OS/c1-4-13(5-2)18-17(22)19-14-9-8-12(3)15(11-14)20-10-6-7-16(20)21/h8-9,11,13H,4-7,10H2,1-3H3,(H2,18,19,22). The van der Waals surface area contributed by atoms with Crippen LogP contribution in [0.15, 0.2) is 18.2 Å². The van der Waals surface area contributed by atoms with E-state index in [2.05, 4.69) is 24.5 Å². The molecule has 4 nitrogen and oxygen atoms in total. The van der Waals surface area contributed by atoms with E-state index in [-0.39, 0.29) is 5.91 Å². The van der Waals surface area contributed by atoms with E-state index in [4.69, 9.17) is 12.2 Å². The molecule has 1 fully saturated rings. The summed E-state index contributed by atoms with van der Waals surface area (Å²) in [6.07, 6.45) is 3.66. The second kappa shape index (κ2) is 7.58. The Kier molecular flexibility index (Phi) is 5.77. The number of nitrogens with one attached hydrogen (secondary N) is 2. The van der Waals surface area contributed by atoms with E-state index >= 15 is 0 Å². The summed E-state index contributed by atoms with van der Waals surface area (Å²) in [5.74, 6) is 0.206. The molecular formula is C17H25N3OS. The van der Waals surface area contributed by atoms with Crippen molar-refractivity contribution in [2.75, 3.05) is 16.8 Å². The number of amides is 1. The number of benzene rings is 1. The van der Waals surface area contributed by atoms with Gasteiger partial charge in [-0.3, -0.25) is 4.79 Å². The Labute approximate surface area is 138 Å². The number of anilines is 2. The fourth-order valence-electron chi connectivity index (χ4n) is 2.73. The predicted octanol–water partition coefficient (Wildman–Crippen LogP) is 3.60. The Morgan fingerprint density at radius 1 is 1.36 bits per heavy atom. The topological polar surface area (TPSA) is 44.4 Å². The zero-order valence-electron chi connectivity index (χ0n) is 13.6. The fraction of sp³-hybridized carbons (Fsp3) is 0.529. The number of aryl methyl sites for hydroxylation is 1. The summed E-state index contributed by atoms with van der Waals surface area (Å²) >= 11 is 5.38. The molecule has 0 radical (unpaired) electrons. The molecule has 1 amide bonds. The van der Waals surface area contributed by atoms with Gasteiger partial charge in [0.15, 0.2) is 5.11 Å². The highest BCUT2D eigenvalue weighted by atomic mass is 32.1. The molecule has 0 unspecified atom stereocenters. The first-order valence-electron chi connectivity index (χ1n) is 8.03. The molecule has 0 aromatic heterocycles. The second-order valence-corrected chi connectivity index (χ2v) is 6.17. The quantitative estimate of drug-likeness (QED) is 0.814. The van der Waals surface area contributed by atoms with Gasteiger partial charge in [0.1, 0.15) is 0 Å². The summed E-state index contributed by atoms with van der Waals surface area (Å²) < 4.78 is 0. The lowest BCUT2D eigenvalue weighted by molar-refractivity contribution is -0.117. The molecule has 0 bridgehead atoms. The first kappa shape index (κ1) is 16.7. The molecule has 1 saturated heterocycles. The SMILES string of the molecule is CCC(CC)NC(=S)Nc1ccc(C)c(N2CCCC2=O)c1. The van der Waals surface area contributed by atoms with Crippen molar-refractivity contribution in [3.8, 4) is 0 Å². The van der Waals surface area contributed by atoms with Gasteiger partial charge >= 0.3 is 0 Å². The van der Waals surface area contributed by atoms with E-state index < -0.39 is 0 Å². The lowest BCUT2D eigenvalue weighted by Crippen LogP contribution is -2.37. The third-order valence-electron chi connectivity index (χ3n) is 4.15. The lowest BCUT2D eigenvalue weighted by atomic mass is 10.1. The molecule has 120 valence electrons.